The van der Waals surface area contributed by atoms with Gasteiger partial charge in [0.2, 0.25) is 0 Å². The van der Waals surface area contributed by atoms with Crippen molar-refractivity contribution < 1.29 is 0 Å². The summed E-state index contributed by atoms with van der Waals surface area (Å²) in [6, 6.07) is 17.5. The van der Waals surface area contributed by atoms with Crippen LogP contribution in [0.25, 0.3) is 17.3 Å². The van der Waals surface area contributed by atoms with Crippen molar-refractivity contribution in [2.24, 2.45) is 0 Å². The molecule has 0 N–H and O–H groups in total. The van der Waals surface area contributed by atoms with Gasteiger partial charge in [0.05, 0.1) is 10.2 Å². The highest BCUT2D eigenvalue weighted by Gasteiger charge is 2.13. The summed E-state index contributed by atoms with van der Waals surface area (Å²) in [5.41, 5.74) is 4.30. The Kier molecular flexibility index (Phi) is 5.07. The molecule has 0 radical (unpaired) electrons. The molecule has 0 spiro atoms. The molecule has 1 aromatic heterocycles. The zero-order valence-electron chi connectivity index (χ0n) is 15.3. The van der Waals surface area contributed by atoms with Gasteiger partial charge >= 0.3 is 0 Å². The van der Waals surface area contributed by atoms with Crippen LogP contribution in [0.1, 0.15) is 22.3 Å². The lowest BCUT2D eigenvalue weighted by Gasteiger charge is -2.07. The molecule has 0 atom stereocenters. The molecule has 0 saturated heterocycles. The molecular weight excluding hydrogens is 354 g/mol. The van der Waals surface area contributed by atoms with Crippen LogP contribution in [-0.2, 0) is 0 Å². The highest BCUT2D eigenvalue weighted by molar-refractivity contribution is 7.07. The molecule has 0 saturated carbocycles. The zero-order valence-corrected chi connectivity index (χ0v) is 16.1. The summed E-state index contributed by atoms with van der Waals surface area (Å²) in [6.45, 7) is 5.84. The molecule has 3 aromatic rings. The largest absolute Gasteiger partial charge is 0.273 e. The molecular formula is C22H17N3OS. The Morgan fingerprint density at radius 3 is 2.41 bits per heavy atom. The second-order valence-corrected chi connectivity index (χ2v) is 7.39. The van der Waals surface area contributed by atoms with Gasteiger partial charge < -0.3 is 0 Å². The van der Waals surface area contributed by atoms with Gasteiger partial charge in [0, 0.05) is 0 Å². The van der Waals surface area contributed by atoms with Crippen molar-refractivity contribution in [1.82, 2.24) is 4.57 Å². The summed E-state index contributed by atoms with van der Waals surface area (Å²) in [4.78, 5) is 13.2. The van der Waals surface area contributed by atoms with Gasteiger partial charge in [-0.25, -0.2) is 0 Å². The number of rotatable bonds is 2. The summed E-state index contributed by atoms with van der Waals surface area (Å²) in [5.74, 6) is 0. The molecule has 4 nitrogen and oxygen atoms in total. The molecule has 2 aromatic carbocycles. The fourth-order valence-corrected chi connectivity index (χ4v) is 3.91. The second-order valence-electron chi connectivity index (χ2n) is 6.36. The van der Waals surface area contributed by atoms with E-state index in [0.717, 1.165) is 22.3 Å². The molecule has 0 aliphatic carbocycles. The second kappa shape index (κ2) is 7.45. The fourth-order valence-electron chi connectivity index (χ4n) is 2.86. The van der Waals surface area contributed by atoms with E-state index in [9.17, 15) is 15.3 Å². The summed E-state index contributed by atoms with van der Waals surface area (Å²) in [6.07, 6.45) is 1.80. The number of benzene rings is 2. The monoisotopic (exact) mass is 371 g/mol. The average molecular weight is 371 g/mol. The third kappa shape index (κ3) is 3.60. The first-order chi connectivity index (χ1) is 12.9. The van der Waals surface area contributed by atoms with Crippen molar-refractivity contribution in [3.63, 3.8) is 0 Å². The van der Waals surface area contributed by atoms with Crippen molar-refractivity contribution in [2.45, 2.75) is 20.8 Å². The van der Waals surface area contributed by atoms with Gasteiger partial charge in [-0.1, -0.05) is 42.0 Å². The Labute approximate surface area is 161 Å². The number of aromatic nitrogens is 1. The van der Waals surface area contributed by atoms with Gasteiger partial charge in [-0.15, -0.1) is 11.3 Å². The van der Waals surface area contributed by atoms with Crippen molar-refractivity contribution in [2.75, 3.05) is 0 Å². The minimum atomic E-state index is -0.229. The van der Waals surface area contributed by atoms with E-state index in [1.54, 1.807) is 6.08 Å². The highest BCUT2D eigenvalue weighted by Crippen LogP contribution is 2.13. The topological polar surface area (TPSA) is 69.6 Å². The molecule has 0 amide bonds. The maximum Gasteiger partial charge on any atom is 0.273 e. The van der Waals surface area contributed by atoms with Gasteiger partial charge in [-0.2, -0.15) is 10.5 Å². The first-order valence-electron chi connectivity index (χ1n) is 8.37. The van der Waals surface area contributed by atoms with Crippen LogP contribution >= 0.6 is 11.3 Å². The van der Waals surface area contributed by atoms with Gasteiger partial charge in [-0.05, 0) is 49.6 Å². The SMILES string of the molecule is Cc1cccc(/C=c2\sc(=C(C#N)C#N)n(-c3cc(C)ccc3C)c2=O)c1. The summed E-state index contributed by atoms with van der Waals surface area (Å²) >= 11 is 1.17. The molecule has 0 unspecified atom stereocenters. The van der Waals surface area contributed by atoms with Crippen LogP contribution in [0.3, 0.4) is 0 Å². The van der Waals surface area contributed by atoms with Crippen LogP contribution in [-0.4, -0.2) is 4.57 Å². The van der Waals surface area contributed by atoms with Crippen LogP contribution in [0.15, 0.2) is 47.3 Å². The fraction of sp³-hybridized carbons (Fsp3) is 0.136. The Bertz CT molecular complexity index is 1280. The molecule has 1 heterocycles. The molecule has 0 fully saturated rings. The maximum atomic E-state index is 13.2. The van der Waals surface area contributed by atoms with E-state index in [-0.39, 0.29) is 11.1 Å². The zero-order chi connectivity index (χ0) is 19.6. The number of hydrogen-bond donors (Lipinski definition) is 0. The Hall–Kier alpha value is -3.41. The number of nitrogens with zero attached hydrogens (tertiary/aromatic N) is 3. The van der Waals surface area contributed by atoms with Crippen LogP contribution < -0.4 is 14.8 Å². The standard InChI is InChI=1S/C22H17N3OS/c1-14-5-4-6-17(9-14)11-20-21(26)25(22(27-20)18(12-23)13-24)19-10-15(2)7-8-16(19)3/h4-11H,1-3H3/b20-11-. The summed E-state index contributed by atoms with van der Waals surface area (Å²) in [5, 5.41) is 18.7. The average Bonchev–Trinajstić information content (AvgIpc) is 2.94. The van der Waals surface area contributed by atoms with Crippen LogP contribution in [0.4, 0.5) is 0 Å². The summed E-state index contributed by atoms with van der Waals surface area (Å²) < 4.78 is 2.33. The Balaban J connectivity index is 2.45. The molecule has 132 valence electrons. The minimum absolute atomic E-state index is 0.0677. The Morgan fingerprint density at radius 1 is 1.04 bits per heavy atom. The molecule has 0 bridgehead atoms. The van der Waals surface area contributed by atoms with Crippen LogP contribution in [0.2, 0.25) is 0 Å². The first-order valence-corrected chi connectivity index (χ1v) is 9.18. The van der Waals surface area contributed by atoms with Crippen molar-refractivity contribution in [3.05, 3.63) is 84.3 Å². The van der Waals surface area contributed by atoms with Crippen molar-refractivity contribution >= 4 is 23.0 Å². The van der Waals surface area contributed by atoms with Gasteiger partial charge in [0.1, 0.15) is 16.8 Å². The van der Waals surface area contributed by atoms with E-state index >= 15 is 0 Å². The third-order valence-corrected chi connectivity index (χ3v) is 5.30. The van der Waals surface area contributed by atoms with E-state index in [1.807, 2.05) is 75.4 Å². The van der Waals surface area contributed by atoms with E-state index in [1.165, 1.54) is 15.9 Å². The lowest BCUT2D eigenvalue weighted by molar-refractivity contribution is 0.972. The van der Waals surface area contributed by atoms with E-state index in [0.29, 0.717) is 14.9 Å². The lowest BCUT2D eigenvalue weighted by Crippen LogP contribution is -2.31. The predicted octanol–water partition coefficient (Wildman–Crippen LogP) is 2.85. The quantitative estimate of drug-likeness (QED) is 0.695. The summed E-state index contributed by atoms with van der Waals surface area (Å²) in [7, 11) is 0. The highest BCUT2D eigenvalue weighted by atomic mass is 32.1. The maximum absolute atomic E-state index is 13.2. The van der Waals surface area contributed by atoms with Crippen molar-refractivity contribution in [3.8, 4) is 17.8 Å². The molecule has 0 aliphatic rings. The van der Waals surface area contributed by atoms with Crippen molar-refractivity contribution in [1.29, 1.82) is 10.5 Å². The Morgan fingerprint density at radius 2 is 1.74 bits per heavy atom. The number of aryl methyl sites for hydroxylation is 3. The normalized spacial score (nSPS) is 11.1. The molecule has 3 rings (SSSR count). The van der Waals surface area contributed by atoms with E-state index in [4.69, 9.17) is 0 Å². The first kappa shape index (κ1) is 18.4. The smallest absolute Gasteiger partial charge is 0.267 e. The molecule has 0 aliphatic heterocycles. The van der Waals surface area contributed by atoms with Crippen LogP contribution in [0.5, 0.6) is 0 Å². The van der Waals surface area contributed by atoms with Crippen LogP contribution in [0, 0.1) is 43.4 Å². The van der Waals surface area contributed by atoms with E-state index < -0.39 is 0 Å². The number of nitriles is 2. The predicted molar refractivity (Wildman–Crippen MR) is 108 cm³/mol. The molecule has 5 heteroatoms. The minimum Gasteiger partial charge on any atom is -0.267 e. The van der Waals surface area contributed by atoms with E-state index in [2.05, 4.69) is 0 Å². The number of hydrogen-bond acceptors (Lipinski definition) is 4. The van der Waals surface area contributed by atoms with Gasteiger partial charge in [-0.3, -0.25) is 9.36 Å². The lowest BCUT2D eigenvalue weighted by atomic mass is 10.1. The number of thiazole rings is 1. The van der Waals surface area contributed by atoms with Gasteiger partial charge in [0.25, 0.3) is 5.56 Å². The molecule has 27 heavy (non-hydrogen) atoms. The van der Waals surface area contributed by atoms with Gasteiger partial charge in [0.15, 0.2) is 5.57 Å². The third-order valence-electron chi connectivity index (χ3n) is 4.21.